The molecule has 7 heteroatoms. The van der Waals surface area contributed by atoms with E-state index in [2.05, 4.69) is 10.9 Å². The largest absolute Gasteiger partial charge is 0.496 e. The zero-order chi connectivity index (χ0) is 14.4. The van der Waals surface area contributed by atoms with Crippen molar-refractivity contribution in [1.82, 2.24) is 10.9 Å². The molecule has 1 unspecified atom stereocenters. The first-order valence-corrected chi connectivity index (χ1v) is 5.61. The average Bonchev–Trinajstić information content (AvgIpc) is 2.45. The van der Waals surface area contributed by atoms with Crippen LogP contribution in [0.2, 0.25) is 0 Å². The SMILES string of the molecule is CNNC(=O)C(N)c1cc(OC)c(OC)cc1OC. The molecule has 1 rings (SSSR count). The summed E-state index contributed by atoms with van der Waals surface area (Å²) in [4.78, 5) is 11.7. The Morgan fingerprint density at radius 1 is 1.11 bits per heavy atom. The van der Waals surface area contributed by atoms with Gasteiger partial charge < -0.3 is 19.9 Å². The van der Waals surface area contributed by atoms with Crippen molar-refractivity contribution in [2.45, 2.75) is 6.04 Å². The quantitative estimate of drug-likeness (QED) is 0.627. The van der Waals surface area contributed by atoms with Gasteiger partial charge in [0.1, 0.15) is 11.8 Å². The van der Waals surface area contributed by atoms with Gasteiger partial charge in [0.15, 0.2) is 11.5 Å². The number of amides is 1. The second kappa shape index (κ2) is 6.81. The van der Waals surface area contributed by atoms with E-state index in [1.54, 1.807) is 19.2 Å². The molecule has 0 bridgehead atoms. The number of rotatable bonds is 6. The number of hydrazine groups is 1. The minimum atomic E-state index is -0.887. The van der Waals surface area contributed by atoms with Crippen molar-refractivity contribution in [2.75, 3.05) is 28.4 Å². The van der Waals surface area contributed by atoms with Crippen molar-refractivity contribution in [1.29, 1.82) is 0 Å². The summed E-state index contributed by atoms with van der Waals surface area (Å²) in [5.41, 5.74) is 11.3. The minimum absolute atomic E-state index is 0.381. The van der Waals surface area contributed by atoms with E-state index in [1.165, 1.54) is 21.3 Å². The highest BCUT2D eigenvalue weighted by atomic mass is 16.5. The Balaban J connectivity index is 3.21. The van der Waals surface area contributed by atoms with E-state index < -0.39 is 6.04 Å². The fourth-order valence-electron chi connectivity index (χ4n) is 1.64. The first-order chi connectivity index (χ1) is 9.08. The second-order valence-corrected chi connectivity index (χ2v) is 3.67. The van der Waals surface area contributed by atoms with Gasteiger partial charge in [0.2, 0.25) is 0 Å². The number of benzene rings is 1. The highest BCUT2D eigenvalue weighted by Crippen LogP contribution is 2.36. The van der Waals surface area contributed by atoms with E-state index >= 15 is 0 Å². The molecule has 0 spiro atoms. The maximum atomic E-state index is 11.7. The van der Waals surface area contributed by atoms with Crippen LogP contribution in [-0.2, 0) is 4.79 Å². The summed E-state index contributed by atoms with van der Waals surface area (Å²) in [7, 11) is 6.10. The van der Waals surface area contributed by atoms with Gasteiger partial charge in [-0.3, -0.25) is 10.2 Å². The highest BCUT2D eigenvalue weighted by Gasteiger charge is 2.22. The predicted molar refractivity (Wildman–Crippen MR) is 70.2 cm³/mol. The van der Waals surface area contributed by atoms with Gasteiger partial charge in [-0.25, -0.2) is 5.43 Å². The van der Waals surface area contributed by atoms with Crippen LogP contribution in [0.3, 0.4) is 0 Å². The summed E-state index contributed by atoms with van der Waals surface area (Å²) >= 11 is 0. The van der Waals surface area contributed by atoms with Crippen molar-refractivity contribution >= 4 is 5.91 Å². The van der Waals surface area contributed by atoms with Gasteiger partial charge >= 0.3 is 0 Å². The number of ether oxygens (including phenoxy) is 3. The fraction of sp³-hybridized carbons (Fsp3) is 0.417. The molecule has 1 aromatic rings. The van der Waals surface area contributed by atoms with Gasteiger partial charge in [-0.2, -0.15) is 0 Å². The monoisotopic (exact) mass is 269 g/mol. The van der Waals surface area contributed by atoms with Crippen LogP contribution in [0.5, 0.6) is 17.2 Å². The molecule has 19 heavy (non-hydrogen) atoms. The third-order valence-corrected chi connectivity index (χ3v) is 2.60. The van der Waals surface area contributed by atoms with Crippen molar-refractivity contribution in [3.05, 3.63) is 17.7 Å². The minimum Gasteiger partial charge on any atom is -0.496 e. The van der Waals surface area contributed by atoms with Crippen LogP contribution in [0, 0.1) is 0 Å². The van der Waals surface area contributed by atoms with Crippen molar-refractivity contribution in [3.63, 3.8) is 0 Å². The van der Waals surface area contributed by atoms with Crippen molar-refractivity contribution < 1.29 is 19.0 Å². The Labute approximate surface area is 112 Å². The molecule has 1 atom stereocenters. The molecule has 106 valence electrons. The Kier molecular flexibility index (Phi) is 5.40. The van der Waals surface area contributed by atoms with E-state index in [0.717, 1.165) is 0 Å². The summed E-state index contributed by atoms with van der Waals surface area (Å²) in [6.45, 7) is 0. The van der Waals surface area contributed by atoms with Crippen LogP contribution in [0.15, 0.2) is 12.1 Å². The van der Waals surface area contributed by atoms with E-state index in [-0.39, 0.29) is 5.91 Å². The molecule has 1 aromatic carbocycles. The fourth-order valence-corrected chi connectivity index (χ4v) is 1.64. The second-order valence-electron chi connectivity index (χ2n) is 3.67. The van der Waals surface area contributed by atoms with Gasteiger partial charge in [0, 0.05) is 18.7 Å². The first-order valence-electron chi connectivity index (χ1n) is 5.61. The molecule has 0 aliphatic carbocycles. The molecule has 0 saturated heterocycles. The lowest BCUT2D eigenvalue weighted by molar-refractivity contribution is -0.123. The third-order valence-electron chi connectivity index (χ3n) is 2.60. The predicted octanol–water partition coefficient (Wildman–Crippen LogP) is -0.0372. The zero-order valence-corrected chi connectivity index (χ0v) is 11.4. The Morgan fingerprint density at radius 3 is 2.11 bits per heavy atom. The summed E-state index contributed by atoms with van der Waals surface area (Å²) in [5, 5.41) is 0. The maximum Gasteiger partial charge on any atom is 0.255 e. The Hall–Kier alpha value is -1.99. The van der Waals surface area contributed by atoms with Gasteiger partial charge in [-0.15, -0.1) is 0 Å². The summed E-state index contributed by atoms with van der Waals surface area (Å²) in [6.07, 6.45) is 0. The molecule has 0 aromatic heterocycles. The van der Waals surface area contributed by atoms with Crippen LogP contribution < -0.4 is 30.8 Å². The summed E-state index contributed by atoms with van der Waals surface area (Å²) in [5.74, 6) is 1.06. The molecule has 0 saturated carbocycles. The molecule has 0 radical (unpaired) electrons. The number of nitrogens with one attached hydrogen (secondary N) is 2. The number of carbonyl (C=O) groups excluding carboxylic acids is 1. The Bertz CT molecular complexity index is 451. The smallest absolute Gasteiger partial charge is 0.255 e. The van der Waals surface area contributed by atoms with Crippen LogP contribution >= 0.6 is 0 Å². The molecule has 0 aliphatic rings. The molecule has 0 heterocycles. The molecular formula is C12H19N3O4. The topological polar surface area (TPSA) is 94.8 Å². The van der Waals surface area contributed by atoms with Gasteiger partial charge in [-0.1, -0.05) is 0 Å². The van der Waals surface area contributed by atoms with Crippen LogP contribution in [0.4, 0.5) is 0 Å². The standard InChI is InChI=1S/C12H19N3O4/c1-14-15-12(16)11(13)7-5-9(18-3)10(19-4)6-8(7)17-2/h5-6,11,14H,13H2,1-4H3,(H,15,16). The Morgan fingerprint density at radius 2 is 1.63 bits per heavy atom. The average molecular weight is 269 g/mol. The van der Waals surface area contributed by atoms with Crippen LogP contribution in [0.25, 0.3) is 0 Å². The summed E-state index contributed by atoms with van der Waals surface area (Å²) in [6, 6.07) is 2.36. The number of nitrogens with two attached hydrogens (primary N) is 1. The van der Waals surface area contributed by atoms with E-state index in [1.807, 2.05) is 0 Å². The molecule has 7 nitrogen and oxygen atoms in total. The normalized spacial score (nSPS) is 11.6. The molecular weight excluding hydrogens is 250 g/mol. The van der Waals surface area contributed by atoms with E-state index in [0.29, 0.717) is 22.8 Å². The van der Waals surface area contributed by atoms with Crippen molar-refractivity contribution in [3.8, 4) is 17.2 Å². The summed E-state index contributed by atoms with van der Waals surface area (Å²) < 4.78 is 15.6. The molecule has 1 amide bonds. The lowest BCUT2D eigenvalue weighted by Gasteiger charge is -2.18. The maximum absolute atomic E-state index is 11.7. The van der Waals surface area contributed by atoms with Gasteiger partial charge in [0.25, 0.3) is 5.91 Å². The molecule has 0 aliphatic heterocycles. The molecule has 0 fully saturated rings. The number of methoxy groups -OCH3 is 3. The van der Waals surface area contributed by atoms with Gasteiger partial charge in [0.05, 0.1) is 21.3 Å². The lowest BCUT2D eigenvalue weighted by atomic mass is 10.0. The van der Waals surface area contributed by atoms with E-state index in [4.69, 9.17) is 19.9 Å². The van der Waals surface area contributed by atoms with E-state index in [9.17, 15) is 4.79 Å². The van der Waals surface area contributed by atoms with Gasteiger partial charge in [-0.05, 0) is 6.07 Å². The molecule has 4 N–H and O–H groups in total. The first kappa shape index (κ1) is 15.1. The van der Waals surface area contributed by atoms with Crippen LogP contribution in [-0.4, -0.2) is 34.3 Å². The van der Waals surface area contributed by atoms with Crippen molar-refractivity contribution in [2.24, 2.45) is 5.73 Å². The number of hydrogen-bond acceptors (Lipinski definition) is 6. The number of hydrogen-bond donors (Lipinski definition) is 3. The van der Waals surface area contributed by atoms with Crippen LogP contribution in [0.1, 0.15) is 11.6 Å². The number of carbonyl (C=O) groups is 1. The third kappa shape index (κ3) is 3.27. The lowest BCUT2D eigenvalue weighted by Crippen LogP contribution is -2.40. The highest BCUT2D eigenvalue weighted by molar-refractivity contribution is 5.83. The zero-order valence-electron chi connectivity index (χ0n) is 11.4.